The fraction of sp³-hybridized carbons (Fsp3) is 0.300. The quantitative estimate of drug-likeness (QED) is 0.630. The van der Waals surface area contributed by atoms with E-state index < -0.39 is 12.2 Å². The first-order valence-electron chi connectivity index (χ1n) is 8.61. The van der Waals surface area contributed by atoms with Gasteiger partial charge >= 0.3 is 0 Å². The Morgan fingerprint density at radius 2 is 2.08 bits per heavy atom. The van der Waals surface area contributed by atoms with Gasteiger partial charge in [-0.2, -0.15) is 9.61 Å². The lowest BCUT2D eigenvalue weighted by Gasteiger charge is -2.19. The second-order valence-electron chi connectivity index (χ2n) is 6.80. The zero-order valence-electron chi connectivity index (χ0n) is 14.4. The maximum Gasteiger partial charge on any atom is 0.157 e. The number of aliphatic hydroxyl groups excluding tert-OH is 2. The number of hydrogen-bond acceptors (Lipinski definition) is 5. The molecule has 1 aromatic carbocycles. The van der Waals surface area contributed by atoms with Crippen LogP contribution in [-0.4, -0.2) is 43.1 Å². The number of benzene rings is 1. The van der Waals surface area contributed by atoms with E-state index in [-0.39, 0.29) is 12.0 Å². The Labute approximate surface area is 151 Å². The van der Waals surface area contributed by atoms with Gasteiger partial charge in [-0.3, -0.25) is 0 Å². The maximum atomic E-state index is 10.2. The Balaban J connectivity index is 1.69. The number of hydrogen-bond donors (Lipinski definition) is 3. The Kier molecular flexibility index (Phi) is 4.11. The number of nitrogens with zero attached hydrogens (tertiary/aromatic N) is 3. The first-order valence-corrected chi connectivity index (χ1v) is 8.61. The minimum Gasteiger partial charge on any atom is -0.390 e. The summed E-state index contributed by atoms with van der Waals surface area (Å²) in [4.78, 5) is 4.36. The molecule has 0 aliphatic heterocycles. The Morgan fingerprint density at radius 1 is 1.23 bits per heavy atom. The summed E-state index contributed by atoms with van der Waals surface area (Å²) in [5.74, 6) is 3.39. The molecule has 4 atom stereocenters. The molecular weight excluding hydrogens is 328 g/mol. The van der Waals surface area contributed by atoms with Crippen LogP contribution in [0.4, 0.5) is 5.82 Å². The fourth-order valence-corrected chi connectivity index (χ4v) is 3.50. The van der Waals surface area contributed by atoms with Crippen molar-refractivity contribution in [3.8, 4) is 23.6 Å². The van der Waals surface area contributed by atoms with Crippen LogP contribution >= 0.6 is 0 Å². The summed E-state index contributed by atoms with van der Waals surface area (Å²) < 4.78 is 1.71. The van der Waals surface area contributed by atoms with E-state index in [9.17, 15) is 10.2 Å². The molecule has 0 amide bonds. The summed E-state index contributed by atoms with van der Waals surface area (Å²) in [5.41, 5.74) is 3.17. The van der Waals surface area contributed by atoms with E-state index in [2.05, 4.69) is 21.3 Å². The summed E-state index contributed by atoms with van der Waals surface area (Å²) in [5, 5.41) is 28.2. The molecule has 0 radical (unpaired) electrons. The molecule has 132 valence electrons. The van der Waals surface area contributed by atoms with Gasteiger partial charge in [0, 0.05) is 23.4 Å². The third kappa shape index (κ3) is 2.81. The van der Waals surface area contributed by atoms with Crippen molar-refractivity contribution in [3.05, 3.63) is 48.2 Å². The maximum absolute atomic E-state index is 10.2. The summed E-state index contributed by atoms with van der Waals surface area (Å²) in [6.45, 7) is 1.93. The van der Waals surface area contributed by atoms with Gasteiger partial charge in [-0.25, -0.2) is 4.98 Å². The highest BCUT2D eigenvalue weighted by atomic mass is 16.3. The zero-order valence-corrected chi connectivity index (χ0v) is 14.4. The first-order chi connectivity index (χ1) is 12.6. The molecule has 26 heavy (non-hydrogen) atoms. The van der Waals surface area contributed by atoms with Crippen molar-refractivity contribution in [2.45, 2.75) is 31.6 Å². The topological polar surface area (TPSA) is 82.7 Å². The summed E-state index contributed by atoms with van der Waals surface area (Å²) >= 11 is 0. The van der Waals surface area contributed by atoms with E-state index >= 15 is 0 Å². The minimum absolute atomic E-state index is 0.0412. The van der Waals surface area contributed by atoms with Gasteiger partial charge in [-0.05, 0) is 30.5 Å². The number of terminal acetylenes is 1. The van der Waals surface area contributed by atoms with Crippen molar-refractivity contribution in [3.63, 3.8) is 0 Å². The number of aromatic nitrogens is 3. The highest BCUT2D eigenvalue weighted by Gasteiger charge is 2.39. The van der Waals surface area contributed by atoms with E-state index in [4.69, 9.17) is 6.42 Å². The third-order valence-corrected chi connectivity index (χ3v) is 4.99. The van der Waals surface area contributed by atoms with E-state index in [1.165, 1.54) is 0 Å². The lowest BCUT2D eigenvalue weighted by atomic mass is 10.1. The van der Waals surface area contributed by atoms with Gasteiger partial charge in [0.05, 0.1) is 17.8 Å². The highest BCUT2D eigenvalue weighted by Crippen LogP contribution is 2.29. The largest absolute Gasteiger partial charge is 0.390 e. The highest BCUT2D eigenvalue weighted by molar-refractivity contribution is 5.67. The van der Waals surface area contributed by atoms with Crippen LogP contribution in [0.2, 0.25) is 0 Å². The van der Waals surface area contributed by atoms with Crippen LogP contribution in [0, 0.1) is 18.3 Å². The van der Waals surface area contributed by atoms with Crippen LogP contribution in [0.5, 0.6) is 0 Å². The van der Waals surface area contributed by atoms with Gasteiger partial charge in [0.1, 0.15) is 11.9 Å². The van der Waals surface area contributed by atoms with Crippen molar-refractivity contribution in [2.75, 3.05) is 5.32 Å². The number of nitrogens with one attached hydrogen (secondary N) is 1. The molecule has 1 aliphatic carbocycles. The molecule has 0 spiro atoms. The molecule has 0 bridgehead atoms. The Morgan fingerprint density at radius 3 is 2.81 bits per heavy atom. The number of anilines is 1. The second kappa shape index (κ2) is 6.45. The van der Waals surface area contributed by atoms with Crippen LogP contribution in [0.25, 0.3) is 16.9 Å². The number of fused-ring (bicyclic) bond motifs is 1. The van der Waals surface area contributed by atoms with Crippen molar-refractivity contribution in [1.29, 1.82) is 0 Å². The van der Waals surface area contributed by atoms with Gasteiger partial charge in [-0.1, -0.05) is 25.0 Å². The van der Waals surface area contributed by atoms with E-state index in [0.717, 1.165) is 22.6 Å². The predicted molar refractivity (Wildman–Crippen MR) is 99.6 cm³/mol. The van der Waals surface area contributed by atoms with Crippen molar-refractivity contribution < 1.29 is 10.2 Å². The van der Waals surface area contributed by atoms with Crippen LogP contribution in [0.3, 0.4) is 0 Å². The Bertz CT molecular complexity index is 991. The predicted octanol–water partition coefficient (Wildman–Crippen LogP) is 1.92. The minimum atomic E-state index is -0.810. The van der Waals surface area contributed by atoms with Gasteiger partial charge < -0.3 is 15.5 Å². The average Bonchev–Trinajstić information content (AvgIpc) is 3.20. The van der Waals surface area contributed by atoms with Crippen LogP contribution < -0.4 is 5.32 Å². The lowest BCUT2D eigenvalue weighted by molar-refractivity contribution is 0.0210. The summed E-state index contributed by atoms with van der Waals surface area (Å²) in [6.07, 6.45) is 6.33. The molecule has 0 unspecified atom stereocenters. The summed E-state index contributed by atoms with van der Waals surface area (Å²) in [6, 6.07) is 11.1. The number of aliphatic hydroxyl groups is 2. The average molecular weight is 348 g/mol. The SMILES string of the molecule is C#Cc1cccc(-c2cc3nccc(N[C@@H]4C[C@@H](C)[C@@H](O)[C@H]4O)n3n2)c1. The van der Waals surface area contributed by atoms with E-state index in [1.54, 1.807) is 10.7 Å². The molecule has 4 rings (SSSR count). The van der Waals surface area contributed by atoms with Gasteiger partial charge in [0.15, 0.2) is 5.65 Å². The van der Waals surface area contributed by atoms with Crippen molar-refractivity contribution in [2.24, 2.45) is 5.92 Å². The fourth-order valence-electron chi connectivity index (χ4n) is 3.50. The first kappa shape index (κ1) is 16.6. The molecule has 3 aromatic rings. The molecule has 3 N–H and O–H groups in total. The monoisotopic (exact) mass is 348 g/mol. The molecule has 0 saturated heterocycles. The van der Waals surface area contributed by atoms with E-state index in [1.807, 2.05) is 43.3 Å². The number of rotatable bonds is 3. The second-order valence-corrected chi connectivity index (χ2v) is 6.80. The molecule has 2 heterocycles. The lowest BCUT2D eigenvalue weighted by Crippen LogP contribution is -2.35. The molecule has 1 fully saturated rings. The standard InChI is InChI=1S/C20H20N4O2/c1-3-13-5-4-6-14(10-13)15-11-18-21-8-7-17(24(18)23-15)22-16-9-12(2)19(25)20(16)26/h1,4-8,10-12,16,19-20,22,25-26H,9H2,2H3/t12-,16-,19-,20+/m1/s1. The molecule has 1 aliphatic rings. The van der Waals surface area contributed by atoms with E-state index in [0.29, 0.717) is 12.1 Å². The Hall–Kier alpha value is -2.88. The van der Waals surface area contributed by atoms with Crippen LogP contribution in [-0.2, 0) is 0 Å². The van der Waals surface area contributed by atoms with Crippen LogP contribution in [0.15, 0.2) is 42.6 Å². The molecule has 2 aromatic heterocycles. The third-order valence-electron chi connectivity index (χ3n) is 4.99. The summed E-state index contributed by atoms with van der Waals surface area (Å²) in [7, 11) is 0. The van der Waals surface area contributed by atoms with Gasteiger partial charge in [0.25, 0.3) is 0 Å². The van der Waals surface area contributed by atoms with Gasteiger partial charge in [-0.15, -0.1) is 6.42 Å². The molecule has 6 heteroatoms. The van der Waals surface area contributed by atoms with Crippen molar-refractivity contribution in [1.82, 2.24) is 14.6 Å². The zero-order chi connectivity index (χ0) is 18.3. The molecular formula is C20H20N4O2. The van der Waals surface area contributed by atoms with Gasteiger partial charge in [0.2, 0.25) is 0 Å². The smallest absolute Gasteiger partial charge is 0.157 e. The molecule has 6 nitrogen and oxygen atoms in total. The van der Waals surface area contributed by atoms with Crippen LogP contribution in [0.1, 0.15) is 18.9 Å². The normalized spacial score (nSPS) is 25.3. The molecule has 1 saturated carbocycles. The van der Waals surface area contributed by atoms with Crippen molar-refractivity contribution >= 4 is 11.5 Å².